The Morgan fingerprint density at radius 2 is 0.760 bits per heavy atom. The summed E-state index contributed by atoms with van der Waals surface area (Å²) in [5.41, 5.74) is 6.95. The zero-order chi connectivity index (χ0) is 72.6. The van der Waals surface area contributed by atoms with E-state index in [1.54, 1.807) is 49.8 Å². The molecular formula is C81H48F8N12O3. The maximum atomic E-state index is 13.0. The van der Waals surface area contributed by atoms with E-state index in [1.807, 2.05) is 140 Å². The summed E-state index contributed by atoms with van der Waals surface area (Å²) in [4.78, 5) is 14.3. The van der Waals surface area contributed by atoms with Gasteiger partial charge >= 0.3 is 12.4 Å². The van der Waals surface area contributed by atoms with Gasteiger partial charge in [0.2, 0.25) is 0 Å². The average Bonchev–Trinajstić information content (AvgIpc) is 1.42. The molecule has 16 aromatic rings. The van der Waals surface area contributed by atoms with Gasteiger partial charge in [0.05, 0.1) is 45.2 Å². The number of aromatic nitrogens is 11. The van der Waals surface area contributed by atoms with Crippen LogP contribution in [0.25, 0.3) is 65.3 Å². The highest BCUT2D eigenvalue weighted by atomic mass is 19.4. The quantitative estimate of drug-likeness (QED) is 0.0482. The van der Waals surface area contributed by atoms with Gasteiger partial charge in [0.25, 0.3) is 5.69 Å². The lowest BCUT2D eigenvalue weighted by molar-refractivity contribution is -0.384. The molecule has 5 N–H and O–H groups in total. The van der Waals surface area contributed by atoms with Crippen LogP contribution >= 0.6 is 0 Å². The molecule has 10 aromatic carbocycles. The second-order valence-electron chi connectivity index (χ2n) is 22.3. The SMILES string of the molecule is C(#Cc1[nH]nc2ccccc12)c1cccnc1.COc1ccc2cc(C#Cc3[nH]nc4ccccc34)ccc2c1.FC(F)(F)c1cc(C#Cc2[nH]nc3ccccc23)cc(C(F)(F)F)c1.Fc1cc(F)cc(C#Cc2[nH]nc3ccccc23)c1.O=[N+]([O-])c1ccc2c(C#Cc3ccccc3)[nH]nc2c1. The third kappa shape index (κ3) is 17.6. The molecule has 16 rings (SSSR count). The van der Waals surface area contributed by atoms with Crippen LogP contribution in [0.5, 0.6) is 5.75 Å². The third-order valence-electron chi connectivity index (χ3n) is 15.2. The zero-order valence-electron chi connectivity index (χ0n) is 54.0. The Hall–Kier alpha value is -14.6. The van der Waals surface area contributed by atoms with Crippen LogP contribution in [0.3, 0.4) is 0 Å². The molecule has 6 heterocycles. The number of non-ortho nitro benzene ring substituents is 1. The van der Waals surface area contributed by atoms with Gasteiger partial charge in [0, 0.05) is 85.3 Å². The van der Waals surface area contributed by atoms with Crippen LogP contribution in [0.15, 0.2) is 243 Å². The zero-order valence-corrected chi connectivity index (χ0v) is 54.0. The number of alkyl halides is 6. The minimum absolute atomic E-state index is 0.0200. The smallest absolute Gasteiger partial charge is 0.416 e. The molecule has 104 heavy (non-hydrogen) atoms. The lowest BCUT2D eigenvalue weighted by Gasteiger charge is -2.12. The van der Waals surface area contributed by atoms with Gasteiger partial charge in [-0.3, -0.25) is 40.6 Å². The van der Waals surface area contributed by atoms with E-state index in [-0.39, 0.29) is 22.9 Å². The van der Waals surface area contributed by atoms with Crippen LogP contribution in [0.2, 0.25) is 0 Å². The number of H-pyrrole nitrogens is 5. The van der Waals surface area contributed by atoms with Crippen LogP contribution in [0.1, 0.15) is 67.4 Å². The fraction of sp³-hybridized carbons (Fsp3) is 0.0370. The number of nitro benzene ring substituents is 1. The van der Waals surface area contributed by atoms with Crippen molar-refractivity contribution in [3.8, 4) is 65.0 Å². The summed E-state index contributed by atoms with van der Waals surface area (Å²) in [6, 6.07) is 64.8. The molecule has 0 aliphatic heterocycles. The van der Waals surface area contributed by atoms with Crippen LogP contribution in [-0.4, -0.2) is 68.0 Å². The first kappa shape index (κ1) is 69.3. The maximum absolute atomic E-state index is 13.0. The number of methoxy groups -OCH3 is 1. The Balaban J connectivity index is 0.000000123. The number of hydrogen-bond donors (Lipinski definition) is 5. The molecule has 0 radical (unpaired) electrons. The summed E-state index contributed by atoms with van der Waals surface area (Å²) in [5.74, 6) is 28.6. The van der Waals surface area contributed by atoms with Crippen LogP contribution in [0, 0.1) is 81.0 Å². The molecule has 0 bridgehead atoms. The molecule has 0 amide bonds. The lowest BCUT2D eigenvalue weighted by Crippen LogP contribution is -2.11. The van der Waals surface area contributed by atoms with Crippen molar-refractivity contribution >= 4 is 71.0 Å². The van der Waals surface area contributed by atoms with Gasteiger partial charge in [0.15, 0.2) is 0 Å². The Morgan fingerprint density at radius 3 is 1.21 bits per heavy atom. The van der Waals surface area contributed by atoms with Crippen LogP contribution in [0.4, 0.5) is 40.8 Å². The van der Waals surface area contributed by atoms with E-state index in [2.05, 4.69) is 127 Å². The Kier molecular flexibility index (Phi) is 21.0. The molecule has 0 unspecified atom stereocenters. The fourth-order valence-corrected chi connectivity index (χ4v) is 10.1. The van der Waals surface area contributed by atoms with Crippen molar-refractivity contribution in [3.63, 3.8) is 0 Å². The summed E-state index contributed by atoms with van der Waals surface area (Å²) in [6.45, 7) is 0. The van der Waals surface area contributed by atoms with E-state index in [4.69, 9.17) is 4.74 Å². The molecule has 0 atom stereocenters. The van der Waals surface area contributed by atoms with Gasteiger partial charge in [-0.1, -0.05) is 108 Å². The second kappa shape index (κ2) is 31.5. The molecule has 0 aliphatic carbocycles. The fourth-order valence-electron chi connectivity index (χ4n) is 10.1. The first-order chi connectivity index (χ1) is 50.4. The number of para-hydroxylation sites is 4. The van der Waals surface area contributed by atoms with E-state index >= 15 is 0 Å². The number of fused-ring (bicyclic) bond motifs is 6. The molecule has 23 heteroatoms. The summed E-state index contributed by atoms with van der Waals surface area (Å²) in [6.07, 6.45) is -6.33. The average molecular weight is 1390 g/mol. The number of aromatic amines is 5. The molecule has 6 aromatic heterocycles. The monoisotopic (exact) mass is 1390 g/mol. The number of nitro groups is 1. The predicted octanol–water partition coefficient (Wildman–Crippen LogP) is 17.6. The van der Waals surface area contributed by atoms with Gasteiger partial charge in [-0.25, -0.2) is 8.78 Å². The molecule has 0 fully saturated rings. The largest absolute Gasteiger partial charge is 0.497 e. The van der Waals surface area contributed by atoms with E-state index in [9.17, 15) is 45.2 Å². The summed E-state index contributed by atoms with van der Waals surface area (Å²) in [7, 11) is 1.68. The van der Waals surface area contributed by atoms with Crippen molar-refractivity contribution in [2.24, 2.45) is 0 Å². The molecular weight excluding hydrogens is 1340 g/mol. The van der Waals surface area contributed by atoms with Crippen molar-refractivity contribution in [1.82, 2.24) is 56.0 Å². The second-order valence-corrected chi connectivity index (χ2v) is 22.3. The molecule has 15 nitrogen and oxygen atoms in total. The van der Waals surface area contributed by atoms with E-state index in [1.165, 1.54) is 24.3 Å². The van der Waals surface area contributed by atoms with E-state index in [0.717, 1.165) is 88.8 Å². The third-order valence-corrected chi connectivity index (χ3v) is 15.2. The topological polar surface area (TPSA) is 209 Å². The highest BCUT2D eigenvalue weighted by Crippen LogP contribution is 2.36. The van der Waals surface area contributed by atoms with Gasteiger partial charge < -0.3 is 4.74 Å². The van der Waals surface area contributed by atoms with Crippen LogP contribution < -0.4 is 4.74 Å². The van der Waals surface area contributed by atoms with Gasteiger partial charge in [-0.15, -0.1) is 0 Å². The number of ether oxygens (including phenoxy) is 1. The number of halogens is 8. The molecule has 506 valence electrons. The van der Waals surface area contributed by atoms with E-state index in [0.29, 0.717) is 45.6 Å². The maximum Gasteiger partial charge on any atom is 0.416 e. The number of hydrogen-bond acceptors (Lipinski definition) is 9. The summed E-state index contributed by atoms with van der Waals surface area (Å²) >= 11 is 0. The first-order valence-corrected chi connectivity index (χ1v) is 31.1. The van der Waals surface area contributed by atoms with Crippen molar-refractivity contribution in [2.45, 2.75) is 12.4 Å². The highest BCUT2D eigenvalue weighted by Gasteiger charge is 2.37. The number of pyridine rings is 1. The first-order valence-electron chi connectivity index (χ1n) is 31.1. The predicted molar refractivity (Wildman–Crippen MR) is 381 cm³/mol. The minimum Gasteiger partial charge on any atom is -0.497 e. The Labute approximate surface area is 585 Å². The highest BCUT2D eigenvalue weighted by molar-refractivity contribution is 5.89. The summed E-state index contributed by atoms with van der Waals surface area (Å²) in [5, 5.41) is 52.0. The van der Waals surface area contributed by atoms with Crippen LogP contribution in [-0.2, 0) is 12.4 Å². The lowest BCUT2D eigenvalue weighted by atomic mass is 10.0. The summed E-state index contributed by atoms with van der Waals surface area (Å²) < 4.78 is 108. The van der Waals surface area contributed by atoms with Crippen molar-refractivity contribution in [3.05, 3.63) is 332 Å². The normalized spacial score (nSPS) is 10.6. The Morgan fingerprint density at radius 1 is 0.365 bits per heavy atom. The molecule has 0 spiro atoms. The molecule has 0 aliphatic rings. The van der Waals surface area contributed by atoms with Crippen molar-refractivity contribution in [1.29, 1.82) is 0 Å². The number of nitrogens with one attached hydrogen (secondary N) is 5. The Bertz CT molecular complexity index is 6110. The number of rotatable bonds is 2. The van der Waals surface area contributed by atoms with Crippen molar-refractivity contribution in [2.75, 3.05) is 7.11 Å². The van der Waals surface area contributed by atoms with E-state index < -0.39 is 40.0 Å². The van der Waals surface area contributed by atoms with Gasteiger partial charge in [-0.2, -0.15) is 51.8 Å². The van der Waals surface area contributed by atoms with Gasteiger partial charge in [0.1, 0.15) is 51.4 Å². The molecule has 0 saturated carbocycles. The minimum atomic E-state index is -4.90. The van der Waals surface area contributed by atoms with Gasteiger partial charge in [-0.05, 0) is 174 Å². The number of benzene rings is 10. The standard InChI is InChI=1S/C20H14N2O.C17H8F6N2.C15H8F2N2.C15H9N3O2.C14H9N3/c1-23-17-10-9-15-12-14(6-8-16(15)13-17)7-11-20-18-4-2-3-5-19(18)21-22-20;18-16(19,20)11-7-10(8-12(9-11)17(21,22)23)5-6-15-13-3-1-2-4-14(13)24-25-15;16-11-7-10(8-12(17)9-11)5-6-15-13-3-1-2-4-14(13)18-19-15;19-18(20)12-7-8-13-14(16-17-15(13)10-12)9-6-11-4-2-1-3-5-11;1-2-6-13-12(5-1)14(17-16-13)8-7-11-4-3-9-15-10-11/h2-6,8-10,12-13H,1H3,(H,21,22);1-4,7-9H,(H,24,25);1-4,7-9H,(H,18,19);1-5,7-8,10H,(H,16,17);1-6,9-10H,(H,16,17). The van der Waals surface area contributed by atoms with Crippen molar-refractivity contribution < 1.29 is 44.8 Å². The molecule has 0 saturated heterocycles. The number of nitrogens with zero attached hydrogens (tertiary/aromatic N) is 7.